The zero-order chi connectivity index (χ0) is 17.7. The number of amides is 1. The van der Waals surface area contributed by atoms with E-state index in [4.69, 9.17) is 9.47 Å². The minimum absolute atomic E-state index is 0.00508. The highest BCUT2D eigenvalue weighted by atomic mass is 16.6. The molecule has 24 heavy (non-hydrogen) atoms. The van der Waals surface area contributed by atoms with Crippen molar-refractivity contribution in [2.24, 2.45) is 5.92 Å². The van der Waals surface area contributed by atoms with Crippen molar-refractivity contribution in [1.82, 2.24) is 5.32 Å². The van der Waals surface area contributed by atoms with E-state index in [1.165, 1.54) is 31.9 Å². The van der Waals surface area contributed by atoms with Crippen molar-refractivity contribution in [2.75, 3.05) is 7.11 Å². The predicted molar refractivity (Wildman–Crippen MR) is 92.5 cm³/mol. The highest BCUT2D eigenvalue weighted by Gasteiger charge is 2.32. The van der Waals surface area contributed by atoms with E-state index in [1.807, 2.05) is 20.8 Å². The summed E-state index contributed by atoms with van der Waals surface area (Å²) in [6.07, 6.45) is 10.2. The van der Waals surface area contributed by atoms with Crippen LogP contribution in [0.2, 0.25) is 0 Å². The van der Waals surface area contributed by atoms with Crippen LogP contribution in [-0.4, -0.2) is 30.8 Å². The van der Waals surface area contributed by atoms with Crippen LogP contribution in [-0.2, 0) is 14.3 Å². The van der Waals surface area contributed by atoms with E-state index in [0.29, 0.717) is 12.0 Å². The summed E-state index contributed by atoms with van der Waals surface area (Å²) in [5.41, 5.74) is 1.51. The second kappa shape index (κ2) is 7.86. The van der Waals surface area contributed by atoms with Crippen molar-refractivity contribution in [3.8, 4) is 0 Å². The number of alkyl carbamates (subject to hydrolysis) is 1. The summed E-state index contributed by atoms with van der Waals surface area (Å²) in [6, 6.07) is -0.209. The van der Waals surface area contributed by atoms with Crippen molar-refractivity contribution in [3.63, 3.8) is 0 Å². The molecule has 0 radical (unpaired) electrons. The first-order chi connectivity index (χ1) is 11.3. The van der Waals surface area contributed by atoms with Gasteiger partial charge in [-0.15, -0.1) is 0 Å². The highest BCUT2D eigenvalue weighted by Crippen LogP contribution is 2.33. The molecule has 0 bridgehead atoms. The molecule has 0 aromatic carbocycles. The van der Waals surface area contributed by atoms with Gasteiger partial charge in [-0.2, -0.15) is 0 Å². The first kappa shape index (κ1) is 18.6. The van der Waals surface area contributed by atoms with Gasteiger partial charge in [0.2, 0.25) is 0 Å². The van der Waals surface area contributed by atoms with Crippen LogP contribution in [0.4, 0.5) is 4.79 Å². The molecule has 1 saturated carbocycles. The van der Waals surface area contributed by atoms with Crippen LogP contribution in [0, 0.1) is 5.92 Å². The van der Waals surface area contributed by atoms with E-state index in [-0.39, 0.29) is 17.9 Å². The van der Waals surface area contributed by atoms with Gasteiger partial charge in [0.25, 0.3) is 0 Å². The second-order valence-electron chi connectivity index (χ2n) is 7.59. The van der Waals surface area contributed by atoms with Crippen LogP contribution in [0.5, 0.6) is 0 Å². The Morgan fingerprint density at radius 2 is 1.88 bits per heavy atom. The zero-order valence-corrected chi connectivity index (χ0v) is 15.2. The van der Waals surface area contributed by atoms with E-state index in [9.17, 15) is 9.59 Å². The lowest BCUT2D eigenvalue weighted by molar-refractivity contribution is -0.136. The Labute approximate surface area is 144 Å². The summed E-state index contributed by atoms with van der Waals surface area (Å²) < 4.78 is 10.2. The molecule has 0 unspecified atom stereocenters. The Kier molecular flexibility index (Phi) is 6.08. The van der Waals surface area contributed by atoms with Gasteiger partial charge in [0.15, 0.2) is 0 Å². The van der Waals surface area contributed by atoms with Gasteiger partial charge in [-0.3, -0.25) is 0 Å². The van der Waals surface area contributed by atoms with Crippen LogP contribution < -0.4 is 5.32 Å². The molecule has 0 spiro atoms. The van der Waals surface area contributed by atoms with Crippen molar-refractivity contribution in [2.45, 2.75) is 70.9 Å². The van der Waals surface area contributed by atoms with E-state index < -0.39 is 11.7 Å². The molecule has 1 N–H and O–H groups in total. The number of carbonyl (C=O) groups is 2. The van der Waals surface area contributed by atoms with Crippen LogP contribution in [0.15, 0.2) is 23.3 Å². The third-order valence-corrected chi connectivity index (χ3v) is 4.34. The number of nitrogens with one attached hydrogen (secondary N) is 1. The van der Waals surface area contributed by atoms with Gasteiger partial charge in [0.1, 0.15) is 5.60 Å². The van der Waals surface area contributed by atoms with Gasteiger partial charge < -0.3 is 14.8 Å². The van der Waals surface area contributed by atoms with Gasteiger partial charge in [-0.25, -0.2) is 9.59 Å². The Bertz CT molecular complexity index is 534. The lowest BCUT2D eigenvalue weighted by Crippen LogP contribution is -2.37. The summed E-state index contributed by atoms with van der Waals surface area (Å²) >= 11 is 0. The lowest BCUT2D eigenvalue weighted by Gasteiger charge is -2.21. The van der Waals surface area contributed by atoms with Crippen LogP contribution in [0.3, 0.4) is 0 Å². The molecule has 0 saturated heterocycles. The maximum atomic E-state index is 12.1. The van der Waals surface area contributed by atoms with Gasteiger partial charge >= 0.3 is 12.1 Å². The van der Waals surface area contributed by atoms with Gasteiger partial charge in [-0.1, -0.05) is 24.1 Å². The number of hydrogen-bond donors (Lipinski definition) is 1. The molecule has 5 heteroatoms. The summed E-state index contributed by atoms with van der Waals surface area (Å²) in [4.78, 5) is 24.0. The number of methoxy groups -OCH3 is 1. The van der Waals surface area contributed by atoms with Crippen LogP contribution in [0.1, 0.15) is 59.3 Å². The standard InChI is InChI=1S/C19H29NO4/c1-19(2,3)24-18(22)20-15-11-14(16(12-15)17(21)23-4)10-13-8-6-5-7-9-13/h10,12,14-15H,5-9,11H2,1-4H3,(H,20,22)/t14-,15-/m1/s1. The molecule has 134 valence electrons. The largest absolute Gasteiger partial charge is 0.466 e. The van der Waals surface area contributed by atoms with Gasteiger partial charge in [-0.05, 0) is 52.9 Å². The summed E-state index contributed by atoms with van der Waals surface area (Å²) in [6.45, 7) is 5.48. The first-order valence-electron chi connectivity index (χ1n) is 8.77. The third-order valence-electron chi connectivity index (χ3n) is 4.34. The quantitative estimate of drug-likeness (QED) is 0.628. The maximum absolute atomic E-state index is 12.1. The fraction of sp³-hybridized carbons (Fsp3) is 0.684. The minimum Gasteiger partial charge on any atom is -0.466 e. The average Bonchev–Trinajstić information content (AvgIpc) is 2.87. The summed E-state index contributed by atoms with van der Waals surface area (Å²) in [5, 5.41) is 2.84. The number of rotatable bonds is 3. The number of allylic oxidation sites excluding steroid dienone is 2. The first-order valence-corrected chi connectivity index (χ1v) is 8.77. The normalized spacial score (nSPS) is 24.2. The molecular weight excluding hydrogens is 306 g/mol. The van der Waals surface area contributed by atoms with E-state index in [1.54, 1.807) is 6.08 Å². The van der Waals surface area contributed by atoms with Crippen LogP contribution in [0.25, 0.3) is 0 Å². The monoisotopic (exact) mass is 335 g/mol. The second-order valence-corrected chi connectivity index (χ2v) is 7.59. The molecule has 0 heterocycles. The number of hydrogen-bond acceptors (Lipinski definition) is 4. The lowest BCUT2D eigenvalue weighted by atomic mass is 9.89. The van der Waals surface area contributed by atoms with E-state index in [2.05, 4.69) is 11.4 Å². The molecule has 0 aliphatic heterocycles. The molecule has 2 rings (SSSR count). The number of ether oxygens (including phenoxy) is 2. The fourth-order valence-corrected chi connectivity index (χ4v) is 3.32. The number of carbonyl (C=O) groups excluding carboxylic acids is 2. The Morgan fingerprint density at radius 1 is 1.21 bits per heavy atom. The summed E-state index contributed by atoms with van der Waals surface area (Å²) in [5.74, 6) is -0.313. The van der Waals surface area contributed by atoms with Gasteiger partial charge in [0.05, 0.1) is 13.2 Å². The average molecular weight is 335 g/mol. The van der Waals surface area contributed by atoms with Gasteiger partial charge in [0, 0.05) is 11.5 Å². The molecule has 2 atom stereocenters. The molecular formula is C19H29NO4. The molecule has 0 aromatic heterocycles. The molecule has 5 nitrogen and oxygen atoms in total. The predicted octanol–water partition coefficient (Wildman–Crippen LogP) is 3.89. The highest BCUT2D eigenvalue weighted by molar-refractivity contribution is 5.90. The molecule has 0 aromatic rings. The van der Waals surface area contributed by atoms with Crippen molar-refractivity contribution < 1.29 is 19.1 Å². The van der Waals surface area contributed by atoms with E-state index >= 15 is 0 Å². The van der Waals surface area contributed by atoms with E-state index in [0.717, 1.165) is 12.8 Å². The Morgan fingerprint density at radius 3 is 2.46 bits per heavy atom. The zero-order valence-electron chi connectivity index (χ0n) is 15.2. The minimum atomic E-state index is -0.541. The maximum Gasteiger partial charge on any atom is 0.408 e. The topological polar surface area (TPSA) is 64.6 Å². The van der Waals surface area contributed by atoms with Crippen molar-refractivity contribution in [3.05, 3.63) is 23.3 Å². The Hall–Kier alpha value is -1.78. The molecule has 1 fully saturated rings. The fourth-order valence-electron chi connectivity index (χ4n) is 3.32. The smallest absolute Gasteiger partial charge is 0.408 e. The van der Waals surface area contributed by atoms with Crippen LogP contribution >= 0.6 is 0 Å². The number of esters is 1. The SMILES string of the molecule is COC(=O)C1=C[C@H](NC(=O)OC(C)(C)C)C[C@H]1C=C1CCCCC1. The molecule has 2 aliphatic rings. The van der Waals surface area contributed by atoms with Crippen molar-refractivity contribution in [1.29, 1.82) is 0 Å². The summed E-state index contributed by atoms with van der Waals surface area (Å²) in [7, 11) is 1.39. The Balaban J connectivity index is 2.06. The molecule has 2 aliphatic carbocycles. The third kappa shape index (κ3) is 5.39. The van der Waals surface area contributed by atoms with Crippen molar-refractivity contribution >= 4 is 12.1 Å². The molecule has 1 amide bonds.